The lowest BCUT2D eigenvalue weighted by Crippen LogP contribution is -2.38. The average molecular weight is 578 g/mol. The van der Waals surface area contributed by atoms with E-state index in [1.54, 1.807) is 23.8 Å². The molecule has 0 aliphatic carbocycles. The summed E-state index contributed by atoms with van der Waals surface area (Å²) in [7, 11) is 0. The van der Waals surface area contributed by atoms with E-state index in [0.29, 0.717) is 41.6 Å². The predicted octanol–water partition coefficient (Wildman–Crippen LogP) is 4.75. The van der Waals surface area contributed by atoms with Crippen LogP contribution in [0.2, 0.25) is 0 Å². The van der Waals surface area contributed by atoms with Crippen molar-refractivity contribution < 1.29 is 14.3 Å². The van der Waals surface area contributed by atoms with Gasteiger partial charge in [-0.3, -0.25) is 14.5 Å². The first-order valence-corrected chi connectivity index (χ1v) is 15.4. The number of hydrogen-bond acceptors (Lipinski definition) is 9. The Morgan fingerprint density at radius 1 is 1.05 bits per heavy atom. The third-order valence-electron chi connectivity index (χ3n) is 7.86. The first-order chi connectivity index (χ1) is 19.9. The number of rotatable bonds is 10. The Bertz CT molecular complexity index is 1320. The van der Waals surface area contributed by atoms with Gasteiger partial charge in [0, 0.05) is 68.9 Å². The Labute approximate surface area is 245 Å². The Balaban J connectivity index is 1.23. The van der Waals surface area contributed by atoms with E-state index in [1.807, 2.05) is 25.1 Å². The Kier molecular flexibility index (Phi) is 9.45. The standard InChI is InChI=1S/C30H39N7O3S/c1-4-12-31-27(38)24-17-22(18-37-20(2)6-7-21(37)3)8-9-25(24)34-28(39)26-19-41-30(35-26)36-15-10-23(11-16-36)40-29-32-13-5-14-33-29/h5,8-9,13-14,17,19-21,23H,4,6-7,10-12,15-16,18H2,1-3H3,(H,31,38)(H,34,39). The third-order valence-corrected chi connectivity index (χ3v) is 8.76. The van der Waals surface area contributed by atoms with Gasteiger partial charge in [-0.05, 0) is 56.9 Å². The van der Waals surface area contributed by atoms with Gasteiger partial charge in [0.1, 0.15) is 11.8 Å². The molecular formula is C30H39N7O3S. The summed E-state index contributed by atoms with van der Waals surface area (Å²) in [5, 5.41) is 8.49. The molecule has 0 saturated carbocycles. The van der Waals surface area contributed by atoms with Gasteiger partial charge in [-0.1, -0.05) is 13.0 Å². The van der Waals surface area contributed by atoms with Crippen molar-refractivity contribution in [3.63, 3.8) is 0 Å². The van der Waals surface area contributed by atoms with Crippen molar-refractivity contribution in [2.45, 2.75) is 77.6 Å². The smallest absolute Gasteiger partial charge is 0.316 e. The van der Waals surface area contributed by atoms with E-state index in [-0.39, 0.29) is 17.9 Å². The number of nitrogens with zero attached hydrogens (tertiary/aromatic N) is 5. The topological polar surface area (TPSA) is 113 Å². The number of ether oxygens (including phenoxy) is 1. The number of thiazole rings is 1. The lowest BCUT2D eigenvalue weighted by atomic mass is 10.1. The highest BCUT2D eigenvalue weighted by Gasteiger charge is 2.28. The van der Waals surface area contributed by atoms with Crippen molar-refractivity contribution in [1.82, 2.24) is 25.2 Å². The van der Waals surface area contributed by atoms with Crippen molar-refractivity contribution in [1.29, 1.82) is 0 Å². The largest absolute Gasteiger partial charge is 0.460 e. The predicted molar refractivity (Wildman–Crippen MR) is 161 cm³/mol. The number of carbonyl (C=O) groups is 2. The van der Waals surface area contributed by atoms with Gasteiger partial charge in [0.2, 0.25) is 0 Å². The number of likely N-dealkylation sites (tertiary alicyclic amines) is 1. The summed E-state index contributed by atoms with van der Waals surface area (Å²) < 4.78 is 5.89. The molecule has 4 heterocycles. The summed E-state index contributed by atoms with van der Waals surface area (Å²) in [6, 6.07) is 8.94. The molecule has 0 bridgehead atoms. The molecule has 218 valence electrons. The van der Waals surface area contributed by atoms with E-state index in [1.165, 1.54) is 24.2 Å². The van der Waals surface area contributed by atoms with Crippen LogP contribution in [0.15, 0.2) is 42.0 Å². The highest BCUT2D eigenvalue weighted by Crippen LogP contribution is 2.29. The van der Waals surface area contributed by atoms with Crippen LogP contribution in [0.1, 0.15) is 79.3 Å². The fraction of sp³-hybridized carbons (Fsp3) is 0.500. The van der Waals surface area contributed by atoms with Crippen LogP contribution in [0.25, 0.3) is 0 Å². The van der Waals surface area contributed by atoms with Gasteiger partial charge in [-0.15, -0.1) is 11.3 Å². The summed E-state index contributed by atoms with van der Waals surface area (Å²) in [6.07, 6.45) is 8.23. The highest BCUT2D eigenvalue weighted by molar-refractivity contribution is 7.14. The summed E-state index contributed by atoms with van der Waals surface area (Å²) in [4.78, 5) is 43.9. The molecule has 5 rings (SSSR count). The number of piperidine rings is 1. The molecule has 0 radical (unpaired) electrons. The monoisotopic (exact) mass is 577 g/mol. The quantitative estimate of drug-likeness (QED) is 0.355. The van der Waals surface area contributed by atoms with Crippen LogP contribution >= 0.6 is 11.3 Å². The van der Waals surface area contributed by atoms with Gasteiger partial charge < -0.3 is 20.3 Å². The molecule has 10 nitrogen and oxygen atoms in total. The fourth-order valence-corrected chi connectivity index (χ4v) is 6.31. The van der Waals surface area contributed by atoms with Crippen molar-refractivity contribution in [3.05, 3.63) is 58.9 Å². The number of nitrogens with one attached hydrogen (secondary N) is 2. The molecule has 0 spiro atoms. The minimum absolute atomic E-state index is 0.0496. The van der Waals surface area contributed by atoms with E-state index in [2.05, 4.69) is 49.2 Å². The molecule has 41 heavy (non-hydrogen) atoms. The van der Waals surface area contributed by atoms with Crippen LogP contribution in [-0.4, -0.2) is 69.5 Å². The molecule has 2 aromatic heterocycles. The number of aromatic nitrogens is 3. The van der Waals surface area contributed by atoms with Crippen molar-refractivity contribution in [3.8, 4) is 6.01 Å². The van der Waals surface area contributed by atoms with Gasteiger partial charge in [0.05, 0.1) is 11.3 Å². The van der Waals surface area contributed by atoms with E-state index >= 15 is 0 Å². The van der Waals surface area contributed by atoms with Gasteiger partial charge in [0.25, 0.3) is 11.8 Å². The normalized spacial score (nSPS) is 19.7. The third kappa shape index (κ3) is 7.20. The van der Waals surface area contributed by atoms with Crippen LogP contribution in [0.3, 0.4) is 0 Å². The van der Waals surface area contributed by atoms with Crippen LogP contribution in [0.5, 0.6) is 6.01 Å². The first-order valence-electron chi connectivity index (χ1n) is 14.5. The van der Waals surface area contributed by atoms with Gasteiger partial charge in [-0.25, -0.2) is 15.0 Å². The van der Waals surface area contributed by atoms with Gasteiger partial charge >= 0.3 is 6.01 Å². The Morgan fingerprint density at radius 2 is 1.78 bits per heavy atom. The summed E-state index contributed by atoms with van der Waals surface area (Å²) in [6.45, 7) is 9.41. The van der Waals surface area contributed by atoms with Gasteiger partial charge in [0.15, 0.2) is 5.13 Å². The lowest BCUT2D eigenvalue weighted by Gasteiger charge is -2.31. The number of benzene rings is 1. The van der Waals surface area contributed by atoms with E-state index in [0.717, 1.165) is 49.6 Å². The first kappa shape index (κ1) is 28.9. The fourth-order valence-electron chi connectivity index (χ4n) is 5.45. The van der Waals surface area contributed by atoms with Crippen LogP contribution in [0.4, 0.5) is 10.8 Å². The highest BCUT2D eigenvalue weighted by atomic mass is 32.1. The van der Waals surface area contributed by atoms with Crippen molar-refractivity contribution >= 4 is 34.0 Å². The molecule has 2 unspecified atom stereocenters. The number of hydrogen-bond donors (Lipinski definition) is 2. The molecule has 3 aromatic rings. The molecule has 11 heteroatoms. The maximum atomic E-state index is 13.2. The zero-order chi connectivity index (χ0) is 28.8. The summed E-state index contributed by atoms with van der Waals surface area (Å²) >= 11 is 1.45. The van der Waals surface area contributed by atoms with Crippen LogP contribution in [0, 0.1) is 0 Å². The maximum Gasteiger partial charge on any atom is 0.316 e. The van der Waals surface area contributed by atoms with E-state index < -0.39 is 0 Å². The minimum Gasteiger partial charge on any atom is -0.460 e. The van der Waals surface area contributed by atoms with Gasteiger partial charge in [-0.2, -0.15) is 0 Å². The van der Waals surface area contributed by atoms with Crippen molar-refractivity contribution in [2.24, 2.45) is 0 Å². The molecule has 2 aliphatic heterocycles. The number of carbonyl (C=O) groups excluding carboxylic acids is 2. The second-order valence-electron chi connectivity index (χ2n) is 10.9. The molecule has 2 N–H and O–H groups in total. The maximum absolute atomic E-state index is 13.2. The molecule has 1 aromatic carbocycles. The zero-order valence-electron chi connectivity index (χ0n) is 24.0. The SMILES string of the molecule is CCCNC(=O)c1cc(CN2C(C)CCC2C)ccc1NC(=O)c1csc(N2CCC(Oc3ncccn3)CC2)n1. The summed E-state index contributed by atoms with van der Waals surface area (Å²) in [5.74, 6) is -0.512. The number of anilines is 2. The molecule has 2 atom stereocenters. The Morgan fingerprint density at radius 3 is 2.49 bits per heavy atom. The average Bonchev–Trinajstić information content (AvgIpc) is 3.61. The summed E-state index contributed by atoms with van der Waals surface area (Å²) in [5.41, 5.74) is 2.37. The number of amides is 2. The second kappa shape index (κ2) is 13.4. The lowest BCUT2D eigenvalue weighted by molar-refractivity contribution is 0.0954. The second-order valence-corrected chi connectivity index (χ2v) is 11.7. The minimum atomic E-state index is -0.328. The molecule has 2 fully saturated rings. The van der Waals surface area contributed by atoms with Crippen LogP contribution < -0.4 is 20.3 Å². The van der Waals surface area contributed by atoms with Crippen LogP contribution in [-0.2, 0) is 6.54 Å². The Hall–Kier alpha value is -3.57. The van der Waals surface area contributed by atoms with Crippen molar-refractivity contribution in [2.75, 3.05) is 29.9 Å². The molecular weight excluding hydrogens is 538 g/mol. The van der Waals surface area contributed by atoms with E-state index in [4.69, 9.17) is 4.74 Å². The molecule has 2 amide bonds. The molecule has 2 aliphatic rings. The zero-order valence-corrected chi connectivity index (χ0v) is 24.8. The molecule has 2 saturated heterocycles. The van der Waals surface area contributed by atoms with E-state index in [9.17, 15) is 9.59 Å².